The molecule has 2 heterocycles. The molecule has 0 N–H and O–H groups in total. The number of carbonyl (C=O) groups is 1. The van der Waals surface area contributed by atoms with E-state index in [1.165, 1.54) is 0 Å². The summed E-state index contributed by atoms with van der Waals surface area (Å²) in [5, 5.41) is 0.612. The lowest BCUT2D eigenvalue weighted by Crippen LogP contribution is -2.45. The monoisotopic (exact) mass is 372 g/mol. The third-order valence-electron chi connectivity index (χ3n) is 5.11. The summed E-state index contributed by atoms with van der Waals surface area (Å²) in [7, 11) is 3.45. The van der Waals surface area contributed by atoms with Gasteiger partial charge in [-0.3, -0.25) is 9.69 Å². The highest BCUT2D eigenvalue weighted by Gasteiger charge is 2.53. The molecule has 1 amide bonds. The molecule has 5 nitrogen and oxygen atoms in total. The molecular formula is C20H21ClN2O3. The van der Waals surface area contributed by atoms with Crippen LogP contribution in [-0.2, 0) is 20.0 Å². The Bertz CT molecular complexity index is 829. The molecule has 2 unspecified atom stereocenters. The van der Waals surface area contributed by atoms with Crippen LogP contribution in [0.5, 0.6) is 0 Å². The third kappa shape index (κ3) is 2.63. The van der Waals surface area contributed by atoms with Crippen molar-refractivity contribution in [2.45, 2.75) is 11.8 Å². The number of ether oxygens (including phenoxy) is 2. The smallest absolute Gasteiger partial charge is 0.241 e. The average molecular weight is 373 g/mol. The normalized spacial score (nSPS) is 25.7. The molecule has 2 aromatic rings. The van der Waals surface area contributed by atoms with E-state index in [-0.39, 0.29) is 18.6 Å². The number of benzene rings is 2. The zero-order valence-electron chi connectivity index (χ0n) is 14.8. The van der Waals surface area contributed by atoms with Crippen molar-refractivity contribution in [3.8, 4) is 0 Å². The van der Waals surface area contributed by atoms with Gasteiger partial charge in [0.05, 0.1) is 24.9 Å². The summed E-state index contributed by atoms with van der Waals surface area (Å²) in [4.78, 5) is 16.6. The number of fused-ring (bicyclic) bond motifs is 3. The molecule has 0 radical (unpaired) electrons. The van der Waals surface area contributed by atoms with Gasteiger partial charge in [0.1, 0.15) is 0 Å². The number of methoxy groups -OCH3 is 1. The second-order valence-electron chi connectivity index (χ2n) is 6.70. The lowest BCUT2D eigenvalue weighted by atomic mass is 9.92. The number of nitrogens with zero attached hydrogens (tertiary/aromatic N) is 2. The van der Waals surface area contributed by atoms with Crippen LogP contribution < -0.4 is 4.90 Å². The fourth-order valence-electron chi connectivity index (χ4n) is 3.96. The minimum absolute atomic E-state index is 0.0213. The van der Waals surface area contributed by atoms with E-state index in [0.29, 0.717) is 18.2 Å². The molecule has 0 spiro atoms. The summed E-state index contributed by atoms with van der Waals surface area (Å²) in [6.45, 7) is 1.33. The molecule has 0 bridgehead atoms. The van der Waals surface area contributed by atoms with Gasteiger partial charge in [0, 0.05) is 36.9 Å². The lowest BCUT2D eigenvalue weighted by Gasteiger charge is -2.37. The van der Waals surface area contributed by atoms with Crippen LogP contribution in [-0.4, -0.2) is 50.8 Å². The number of amides is 1. The fourth-order valence-corrected chi connectivity index (χ4v) is 4.13. The molecule has 136 valence electrons. The van der Waals surface area contributed by atoms with E-state index in [0.717, 1.165) is 16.8 Å². The second kappa shape index (κ2) is 6.67. The molecule has 6 heteroatoms. The maximum Gasteiger partial charge on any atom is 0.241 e. The second-order valence-corrected chi connectivity index (χ2v) is 7.14. The van der Waals surface area contributed by atoms with Gasteiger partial charge in [-0.1, -0.05) is 41.9 Å². The minimum Gasteiger partial charge on any atom is -0.382 e. The van der Waals surface area contributed by atoms with Crippen LogP contribution >= 0.6 is 11.6 Å². The zero-order valence-corrected chi connectivity index (χ0v) is 15.6. The van der Waals surface area contributed by atoms with Crippen LogP contribution in [0.2, 0.25) is 5.02 Å². The molecule has 0 aliphatic carbocycles. The topological polar surface area (TPSA) is 42.0 Å². The molecule has 2 aliphatic rings. The number of hydrogen-bond acceptors (Lipinski definition) is 4. The molecule has 0 aromatic heterocycles. The summed E-state index contributed by atoms with van der Waals surface area (Å²) < 4.78 is 11.9. The van der Waals surface area contributed by atoms with Crippen molar-refractivity contribution in [2.75, 3.05) is 38.8 Å². The van der Waals surface area contributed by atoms with Gasteiger partial charge in [0.2, 0.25) is 5.91 Å². The Morgan fingerprint density at radius 3 is 2.77 bits per heavy atom. The Morgan fingerprint density at radius 2 is 2.04 bits per heavy atom. The Balaban J connectivity index is 1.98. The van der Waals surface area contributed by atoms with Gasteiger partial charge >= 0.3 is 0 Å². The number of likely N-dealkylation sites (N-methyl/N-ethyl adjacent to an activating group) is 1. The van der Waals surface area contributed by atoms with Crippen molar-refractivity contribution in [1.29, 1.82) is 0 Å². The summed E-state index contributed by atoms with van der Waals surface area (Å²) in [5.41, 5.74) is 1.79. The molecule has 1 fully saturated rings. The third-order valence-corrected chi connectivity index (χ3v) is 5.34. The standard InChI is InChI=1S/C20H21ClN2O3/c1-22-18-9-8-15(21)10-17(18)20(14-6-4-3-5-7-14)23(12-19(22)24)11-16(26-20)13-25-2/h3-10,16H,11-13H2,1-2H3. The van der Waals surface area contributed by atoms with E-state index in [1.54, 1.807) is 25.1 Å². The average Bonchev–Trinajstić information content (AvgIpc) is 2.97. The molecule has 1 saturated heterocycles. The van der Waals surface area contributed by atoms with E-state index in [9.17, 15) is 4.79 Å². The largest absolute Gasteiger partial charge is 0.382 e. The number of anilines is 1. The highest BCUT2D eigenvalue weighted by Crippen LogP contribution is 2.48. The Morgan fingerprint density at radius 1 is 1.27 bits per heavy atom. The van der Waals surface area contributed by atoms with Crippen LogP contribution in [0.3, 0.4) is 0 Å². The van der Waals surface area contributed by atoms with Crippen LogP contribution in [0.1, 0.15) is 11.1 Å². The van der Waals surface area contributed by atoms with E-state index < -0.39 is 5.72 Å². The first-order chi connectivity index (χ1) is 12.6. The molecule has 2 aliphatic heterocycles. The quantitative estimate of drug-likeness (QED) is 0.830. The van der Waals surface area contributed by atoms with Gasteiger partial charge in [-0.2, -0.15) is 0 Å². The van der Waals surface area contributed by atoms with Crippen molar-refractivity contribution in [3.63, 3.8) is 0 Å². The van der Waals surface area contributed by atoms with Gasteiger partial charge in [-0.25, -0.2) is 0 Å². The SMILES string of the molecule is COCC1CN2CC(=O)N(C)c3ccc(Cl)cc3C2(c2ccccc2)O1. The molecule has 2 atom stereocenters. The number of hydrogen-bond donors (Lipinski definition) is 0. The summed E-state index contributed by atoms with van der Waals surface area (Å²) in [5.74, 6) is 0.0213. The Labute approximate surface area is 158 Å². The summed E-state index contributed by atoms with van der Waals surface area (Å²) in [6.07, 6.45) is -0.136. The van der Waals surface area contributed by atoms with Crippen molar-refractivity contribution < 1.29 is 14.3 Å². The minimum atomic E-state index is -0.870. The zero-order chi connectivity index (χ0) is 18.3. The molecule has 0 saturated carbocycles. The van der Waals surface area contributed by atoms with Gasteiger partial charge in [-0.05, 0) is 18.2 Å². The Kier molecular flexibility index (Phi) is 4.49. The lowest BCUT2D eigenvalue weighted by molar-refractivity contribution is -0.124. The number of carbonyl (C=O) groups excluding carboxylic acids is 1. The van der Waals surface area contributed by atoms with E-state index in [2.05, 4.69) is 4.90 Å². The predicted octanol–water partition coefficient (Wildman–Crippen LogP) is 2.86. The number of halogens is 1. The van der Waals surface area contributed by atoms with Crippen molar-refractivity contribution in [3.05, 3.63) is 64.7 Å². The molecular weight excluding hydrogens is 352 g/mol. The maximum atomic E-state index is 12.8. The van der Waals surface area contributed by atoms with Crippen molar-refractivity contribution in [1.82, 2.24) is 4.90 Å². The van der Waals surface area contributed by atoms with Crippen molar-refractivity contribution >= 4 is 23.2 Å². The van der Waals surface area contributed by atoms with Crippen LogP contribution in [0.15, 0.2) is 48.5 Å². The Hall–Kier alpha value is -1.92. The highest BCUT2D eigenvalue weighted by molar-refractivity contribution is 6.30. The first-order valence-corrected chi connectivity index (χ1v) is 8.98. The van der Waals surface area contributed by atoms with Crippen LogP contribution in [0, 0.1) is 0 Å². The van der Waals surface area contributed by atoms with Gasteiger partial charge < -0.3 is 14.4 Å². The molecule has 2 aromatic carbocycles. The maximum absolute atomic E-state index is 12.8. The fraction of sp³-hybridized carbons (Fsp3) is 0.350. The highest BCUT2D eigenvalue weighted by atomic mass is 35.5. The first-order valence-electron chi connectivity index (χ1n) is 8.60. The first kappa shape index (κ1) is 17.5. The van der Waals surface area contributed by atoms with E-state index in [1.807, 2.05) is 42.5 Å². The predicted molar refractivity (Wildman–Crippen MR) is 100 cm³/mol. The van der Waals surface area contributed by atoms with Gasteiger partial charge in [0.15, 0.2) is 5.72 Å². The molecule has 26 heavy (non-hydrogen) atoms. The number of rotatable bonds is 3. The van der Waals surface area contributed by atoms with Gasteiger partial charge in [0.25, 0.3) is 0 Å². The van der Waals surface area contributed by atoms with Crippen LogP contribution in [0.25, 0.3) is 0 Å². The van der Waals surface area contributed by atoms with E-state index in [4.69, 9.17) is 21.1 Å². The summed E-state index contributed by atoms with van der Waals surface area (Å²) >= 11 is 6.35. The molecule has 4 rings (SSSR count). The van der Waals surface area contributed by atoms with E-state index >= 15 is 0 Å². The van der Waals surface area contributed by atoms with Crippen LogP contribution in [0.4, 0.5) is 5.69 Å². The van der Waals surface area contributed by atoms with Crippen molar-refractivity contribution in [2.24, 2.45) is 0 Å². The summed E-state index contributed by atoms with van der Waals surface area (Å²) in [6, 6.07) is 15.6. The van der Waals surface area contributed by atoms with Gasteiger partial charge in [-0.15, -0.1) is 0 Å².